The van der Waals surface area contributed by atoms with Crippen molar-refractivity contribution in [1.82, 2.24) is 10.6 Å². The van der Waals surface area contributed by atoms with Crippen molar-refractivity contribution < 1.29 is 14.4 Å². The maximum Gasteiger partial charge on any atom is 0.239 e. The number of rotatable bonds is 11. The number of nitrogens with one attached hydrogen (secondary N) is 2. The normalized spacial score (nSPS) is 12.5. The van der Waals surface area contributed by atoms with E-state index in [0.29, 0.717) is 25.7 Å². The molecule has 4 N–H and O–H groups in total. The van der Waals surface area contributed by atoms with Crippen LogP contribution in [0.1, 0.15) is 57.1 Å². The van der Waals surface area contributed by atoms with Crippen LogP contribution in [0.15, 0.2) is 30.3 Å². The highest BCUT2D eigenvalue weighted by Crippen LogP contribution is 2.11. The van der Waals surface area contributed by atoms with Gasteiger partial charge in [0.1, 0.15) is 6.04 Å². The van der Waals surface area contributed by atoms with Gasteiger partial charge in [-0.2, -0.15) is 5.26 Å². The Labute approximate surface area is 153 Å². The van der Waals surface area contributed by atoms with Crippen molar-refractivity contribution in [2.45, 2.75) is 57.5 Å². The molecular weight excluding hydrogens is 332 g/mol. The molecule has 0 aliphatic heterocycles. The molecule has 0 spiro atoms. The van der Waals surface area contributed by atoms with E-state index in [2.05, 4.69) is 10.6 Å². The summed E-state index contributed by atoms with van der Waals surface area (Å²) < 4.78 is 0. The van der Waals surface area contributed by atoms with Crippen LogP contribution < -0.4 is 16.4 Å². The van der Waals surface area contributed by atoms with Crippen LogP contribution in [0.2, 0.25) is 0 Å². The van der Waals surface area contributed by atoms with Crippen LogP contribution in [-0.2, 0) is 14.4 Å². The van der Waals surface area contributed by atoms with Crippen molar-refractivity contribution in [3.63, 3.8) is 0 Å². The molecule has 3 amide bonds. The van der Waals surface area contributed by atoms with E-state index >= 15 is 0 Å². The number of unbranched alkanes of at least 4 members (excludes halogenated alkanes) is 2. The Kier molecular flexibility index (Phi) is 9.47. The summed E-state index contributed by atoms with van der Waals surface area (Å²) in [5, 5.41) is 13.9. The van der Waals surface area contributed by atoms with Crippen LogP contribution in [0.3, 0.4) is 0 Å². The molecule has 0 bridgehead atoms. The minimum absolute atomic E-state index is 0.0185. The zero-order valence-corrected chi connectivity index (χ0v) is 15.0. The number of nitrogens with two attached hydrogens (primary N) is 1. The molecule has 0 radical (unpaired) electrons. The maximum absolute atomic E-state index is 12.0. The summed E-state index contributed by atoms with van der Waals surface area (Å²) in [5.41, 5.74) is 6.27. The predicted molar refractivity (Wildman–Crippen MR) is 97.4 cm³/mol. The summed E-state index contributed by atoms with van der Waals surface area (Å²) in [6.07, 6.45) is 2.07. The van der Waals surface area contributed by atoms with Gasteiger partial charge in [0.05, 0.1) is 12.1 Å². The van der Waals surface area contributed by atoms with E-state index in [9.17, 15) is 14.4 Å². The van der Waals surface area contributed by atoms with Gasteiger partial charge in [0, 0.05) is 19.3 Å². The van der Waals surface area contributed by atoms with Gasteiger partial charge >= 0.3 is 0 Å². The number of carbonyl (C=O) groups excluding carboxylic acids is 3. The van der Waals surface area contributed by atoms with Gasteiger partial charge in [0.25, 0.3) is 0 Å². The molecule has 0 fully saturated rings. The van der Waals surface area contributed by atoms with Gasteiger partial charge in [0.2, 0.25) is 17.7 Å². The molecule has 7 heteroatoms. The Bertz CT molecular complexity index is 640. The van der Waals surface area contributed by atoms with Crippen molar-refractivity contribution in [1.29, 1.82) is 5.26 Å². The quantitative estimate of drug-likeness (QED) is 0.521. The molecule has 0 aliphatic rings. The third kappa shape index (κ3) is 8.29. The molecule has 0 saturated carbocycles. The molecule has 7 nitrogen and oxygen atoms in total. The lowest BCUT2D eigenvalue weighted by Crippen LogP contribution is -2.44. The van der Waals surface area contributed by atoms with Crippen molar-refractivity contribution >= 4 is 17.7 Å². The van der Waals surface area contributed by atoms with Crippen LogP contribution in [0.4, 0.5) is 0 Å². The molecule has 0 aromatic heterocycles. The fourth-order valence-corrected chi connectivity index (χ4v) is 2.47. The zero-order chi connectivity index (χ0) is 19.4. The summed E-state index contributed by atoms with van der Waals surface area (Å²) in [6, 6.07) is 10.6. The Morgan fingerprint density at radius 3 is 2.27 bits per heavy atom. The van der Waals surface area contributed by atoms with E-state index in [4.69, 9.17) is 11.0 Å². The van der Waals surface area contributed by atoms with Crippen LogP contribution in [0.5, 0.6) is 0 Å². The highest BCUT2D eigenvalue weighted by Gasteiger charge is 2.18. The summed E-state index contributed by atoms with van der Waals surface area (Å²) in [6.45, 7) is 1.87. The van der Waals surface area contributed by atoms with E-state index in [1.54, 1.807) is 0 Å². The van der Waals surface area contributed by atoms with Gasteiger partial charge in [0.15, 0.2) is 0 Å². The third-order valence-corrected chi connectivity index (χ3v) is 3.97. The first kappa shape index (κ1) is 21.2. The molecule has 140 valence electrons. The summed E-state index contributed by atoms with van der Waals surface area (Å²) in [5.74, 6) is -1.24. The molecular formula is C19H26N4O3. The van der Waals surface area contributed by atoms with E-state index in [1.807, 2.05) is 43.3 Å². The maximum atomic E-state index is 12.0. The fraction of sp³-hybridized carbons (Fsp3) is 0.474. The lowest BCUT2D eigenvalue weighted by molar-refractivity contribution is -0.129. The number of hydrogen-bond acceptors (Lipinski definition) is 4. The Morgan fingerprint density at radius 2 is 1.69 bits per heavy atom. The smallest absolute Gasteiger partial charge is 0.239 e. The van der Waals surface area contributed by atoms with Gasteiger partial charge in [-0.3, -0.25) is 14.4 Å². The second-order valence-electron chi connectivity index (χ2n) is 6.13. The largest absolute Gasteiger partial charge is 0.368 e. The minimum atomic E-state index is -0.771. The Hall–Kier alpha value is -2.88. The summed E-state index contributed by atoms with van der Waals surface area (Å²) in [4.78, 5) is 35.3. The second-order valence-corrected chi connectivity index (χ2v) is 6.13. The van der Waals surface area contributed by atoms with Gasteiger partial charge in [-0.15, -0.1) is 0 Å². The minimum Gasteiger partial charge on any atom is -0.368 e. The number of benzene rings is 1. The lowest BCUT2D eigenvalue weighted by atomic mass is 10.1. The number of nitrogens with zero attached hydrogens (tertiary/aromatic N) is 1. The van der Waals surface area contributed by atoms with Crippen LogP contribution in [0.25, 0.3) is 0 Å². The lowest BCUT2D eigenvalue weighted by Gasteiger charge is -2.16. The molecule has 0 unspecified atom stereocenters. The number of hydrogen-bond donors (Lipinski definition) is 3. The molecule has 0 heterocycles. The van der Waals surface area contributed by atoms with Crippen LogP contribution >= 0.6 is 0 Å². The van der Waals surface area contributed by atoms with E-state index in [1.165, 1.54) is 0 Å². The van der Waals surface area contributed by atoms with Gasteiger partial charge in [-0.1, -0.05) is 30.3 Å². The first-order valence-corrected chi connectivity index (χ1v) is 8.74. The molecule has 1 rings (SSSR count). The fourth-order valence-electron chi connectivity index (χ4n) is 2.47. The van der Waals surface area contributed by atoms with Crippen LogP contribution in [0, 0.1) is 11.3 Å². The molecule has 26 heavy (non-hydrogen) atoms. The summed E-state index contributed by atoms with van der Waals surface area (Å²) in [7, 11) is 0. The average Bonchev–Trinajstić information content (AvgIpc) is 2.63. The van der Waals surface area contributed by atoms with E-state index < -0.39 is 17.9 Å². The SMILES string of the molecule is C[C@@H](NC(=O)CCC(=O)N[C@H](CCCCC#N)C(N)=O)c1ccccc1. The number of carbonyl (C=O) groups is 3. The van der Waals surface area contributed by atoms with Crippen LogP contribution in [-0.4, -0.2) is 23.8 Å². The predicted octanol–water partition coefficient (Wildman–Crippen LogP) is 1.70. The van der Waals surface area contributed by atoms with Gasteiger partial charge in [-0.25, -0.2) is 0 Å². The Balaban J connectivity index is 2.35. The Morgan fingerprint density at radius 1 is 1.08 bits per heavy atom. The number of primary amides is 1. The molecule has 0 aliphatic carbocycles. The van der Waals surface area contributed by atoms with Gasteiger partial charge in [-0.05, 0) is 31.7 Å². The first-order chi connectivity index (χ1) is 12.4. The molecule has 1 aromatic rings. The monoisotopic (exact) mass is 358 g/mol. The highest BCUT2D eigenvalue weighted by atomic mass is 16.2. The van der Waals surface area contributed by atoms with Crippen molar-refractivity contribution in [2.75, 3.05) is 0 Å². The molecule has 1 aromatic carbocycles. The second kappa shape index (κ2) is 11.6. The molecule has 2 atom stereocenters. The van der Waals surface area contributed by atoms with Crippen molar-refractivity contribution in [3.05, 3.63) is 35.9 Å². The number of nitriles is 1. The highest BCUT2D eigenvalue weighted by molar-refractivity contribution is 5.88. The topological polar surface area (TPSA) is 125 Å². The standard InChI is InChI=1S/C19H26N4O3/c1-14(15-8-4-2-5-9-15)22-17(24)11-12-18(25)23-16(19(21)26)10-6-3-7-13-20/h2,4-5,8-9,14,16H,3,6-7,10-12H2,1H3,(H2,21,26)(H,22,24)(H,23,25)/t14-,16-/m1/s1. The van der Waals surface area contributed by atoms with E-state index in [0.717, 1.165) is 5.56 Å². The van der Waals surface area contributed by atoms with Gasteiger partial charge < -0.3 is 16.4 Å². The molecule has 0 saturated heterocycles. The summed E-state index contributed by atoms with van der Waals surface area (Å²) >= 11 is 0. The number of amides is 3. The zero-order valence-electron chi connectivity index (χ0n) is 15.0. The average molecular weight is 358 g/mol. The first-order valence-electron chi connectivity index (χ1n) is 8.74. The van der Waals surface area contributed by atoms with Crippen molar-refractivity contribution in [3.8, 4) is 6.07 Å². The third-order valence-electron chi connectivity index (χ3n) is 3.97. The van der Waals surface area contributed by atoms with Crippen molar-refractivity contribution in [2.24, 2.45) is 5.73 Å². The van der Waals surface area contributed by atoms with E-state index in [-0.39, 0.29) is 24.8 Å².